The number of anilines is 1. The maximum Gasteiger partial charge on any atom is 0.293 e. The van der Waals surface area contributed by atoms with E-state index in [1.807, 2.05) is 6.92 Å². The largest absolute Gasteiger partial charge is 0.451 e. The Hall–Kier alpha value is -2.27. The number of fused-ring (bicyclic) bond motifs is 1. The lowest BCUT2D eigenvalue weighted by atomic mass is 10.1. The second-order valence-corrected chi connectivity index (χ2v) is 4.53. The predicted molar refractivity (Wildman–Crippen MR) is 72.5 cm³/mol. The van der Waals surface area contributed by atoms with Gasteiger partial charge in [-0.05, 0) is 25.1 Å². The van der Waals surface area contributed by atoms with E-state index >= 15 is 0 Å². The van der Waals surface area contributed by atoms with Crippen molar-refractivity contribution in [2.75, 3.05) is 5.32 Å². The normalized spacial score (nSPS) is 10.8. The zero-order valence-corrected chi connectivity index (χ0v) is 10.8. The van der Waals surface area contributed by atoms with E-state index < -0.39 is 0 Å². The minimum atomic E-state index is -0.347. The molecule has 0 unspecified atom stereocenters. The van der Waals surface area contributed by atoms with Crippen molar-refractivity contribution in [2.45, 2.75) is 6.92 Å². The zero-order chi connectivity index (χ0) is 13.4. The molecular weight excluding hydrogens is 266 g/mol. The van der Waals surface area contributed by atoms with Gasteiger partial charge in [0.15, 0.2) is 5.76 Å². The second-order valence-electron chi connectivity index (χ2n) is 4.09. The second kappa shape index (κ2) is 4.44. The number of hydrogen-bond donors (Lipinski definition) is 2. The van der Waals surface area contributed by atoms with Crippen LogP contribution in [0.1, 0.15) is 16.1 Å². The van der Waals surface area contributed by atoms with E-state index in [4.69, 9.17) is 16.0 Å². The molecule has 2 N–H and O–H groups in total. The standard InChI is InChI=1S/C13H10ClN3O2/c1-7-9-6-8(14)2-3-10(9)19-11(7)12(18)17-13-15-4-5-16-13/h2-6H,1H3,(H2,15,16,17,18). The average molecular weight is 276 g/mol. The first-order valence-corrected chi connectivity index (χ1v) is 6.02. The van der Waals surface area contributed by atoms with Gasteiger partial charge in [-0.3, -0.25) is 10.1 Å². The first-order valence-electron chi connectivity index (χ1n) is 5.64. The molecule has 96 valence electrons. The highest BCUT2D eigenvalue weighted by atomic mass is 35.5. The van der Waals surface area contributed by atoms with Gasteiger partial charge in [0, 0.05) is 28.4 Å². The number of aryl methyl sites for hydroxylation is 1. The van der Waals surface area contributed by atoms with Gasteiger partial charge in [-0.25, -0.2) is 4.98 Å². The third kappa shape index (κ3) is 2.08. The summed E-state index contributed by atoms with van der Waals surface area (Å²) in [5.74, 6) is 0.288. The molecule has 3 aromatic rings. The zero-order valence-electron chi connectivity index (χ0n) is 10.0. The molecule has 0 aliphatic carbocycles. The highest BCUT2D eigenvalue weighted by molar-refractivity contribution is 6.31. The van der Waals surface area contributed by atoms with E-state index in [1.165, 1.54) is 0 Å². The summed E-state index contributed by atoms with van der Waals surface area (Å²) in [6.07, 6.45) is 3.18. The van der Waals surface area contributed by atoms with Gasteiger partial charge in [-0.15, -0.1) is 0 Å². The molecule has 0 radical (unpaired) electrons. The molecule has 0 saturated carbocycles. The minimum absolute atomic E-state index is 0.258. The Labute approximate surface area is 113 Å². The summed E-state index contributed by atoms with van der Waals surface area (Å²) >= 11 is 5.94. The fourth-order valence-electron chi connectivity index (χ4n) is 1.91. The van der Waals surface area contributed by atoms with Crippen molar-refractivity contribution in [2.24, 2.45) is 0 Å². The number of hydrogen-bond acceptors (Lipinski definition) is 3. The monoisotopic (exact) mass is 275 g/mol. The number of benzene rings is 1. The lowest BCUT2D eigenvalue weighted by Gasteiger charge is -1.99. The van der Waals surface area contributed by atoms with Crippen molar-refractivity contribution in [3.8, 4) is 0 Å². The van der Waals surface area contributed by atoms with Crippen molar-refractivity contribution in [1.82, 2.24) is 9.97 Å². The Morgan fingerprint density at radius 2 is 2.32 bits per heavy atom. The van der Waals surface area contributed by atoms with Gasteiger partial charge in [0.1, 0.15) is 5.58 Å². The number of nitrogens with one attached hydrogen (secondary N) is 2. The summed E-state index contributed by atoms with van der Waals surface area (Å²) in [7, 11) is 0. The van der Waals surface area contributed by atoms with E-state index in [2.05, 4.69) is 15.3 Å². The lowest BCUT2D eigenvalue weighted by molar-refractivity contribution is 0.0997. The number of H-pyrrole nitrogens is 1. The van der Waals surface area contributed by atoms with Crippen LogP contribution in [-0.4, -0.2) is 15.9 Å². The Morgan fingerprint density at radius 1 is 1.47 bits per heavy atom. The average Bonchev–Trinajstić information content (AvgIpc) is 2.98. The van der Waals surface area contributed by atoms with E-state index in [1.54, 1.807) is 30.6 Å². The Balaban J connectivity index is 2.00. The summed E-state index contributed by atoms with van der Waals surface area (Å²) in [4.78, 5) is 18.8. The number of amides is 1. The molecule has 0 fully saturated rings. The molecule has 1 aromatic carbocycles. The number of carbonyl (C=O) groups excluding carboxylic acids is 1. The summed E-state index contributed by atoms with van der Waals surface area (Å²) in [6.45, 7) is 1.82. The van der Waals surface area contributed by atoms with Crippen LogP contribution in [0.5, 0.6) is 0 Å². The lowest BCUT2D eigenvalue weighted by Crippen LogP contribution is -2.13. The van der Waals surface area contributed by atoms with E-state index in [9.17, 15) is 4.79 Å². The Kier molecular flexibility index (Phi) is 2.76. The van der Waals surface area contributed by atoms with Crippen LogP contribution in [0, 0.1) is 6.92 Å². The van der Waals surface area contributed by atoms with Crippen molar-refractivity contribution in [3.63, 3.8) is 0 Å². The van der Waals surface area contributed by atoms with Crippen LogP contribution >= 0.6 is 11.6 Å². The number of aromatic amines is 1. The number of imidazole rings is 1. The molecule has 0 aliphatic rings. The van der Waals surface area contributed by atoms with Crippen LogP contribution in [0.4, 0.5) is 5.95 Å². The highest BCUT2D eigenvalue weighted by Crippen LogP contribution is 2.28. The topological polar surface area (TPSA) is 70.9 Å². The molecule has 1 amide bonds. The SMILES string of the molecule is Cc1c(C(=O)Nc2ncc[nH]2)oc2ccc(Cl)cc12. The number of halogens is 1. The number of furan rings is 1. The number of carbonyl (C=O) groups is 1. The maximum absolute atomic E-state index is 12.1. The molecule has 0 bridgehead atoms. The fourth-order valence-corrected chi connectivity index (χ4v) is 2.08. The van der Waals surface area contributed by atoms with Gasteiger partial charge in [0.2, 0.25) is 5.95 Å². The fraction of sp³-hybridized carbons (Fsp3) is 0.0769. The van der Waals surface area contributed by atoms with Gasteiger partial charge >= 0.3 is 0 Å². The van der Waals surface area contributed by atoms with Crippen LogP contribution in [0.15, 0.2) is 35.0 Å². The van der Waals surface area contributed by atoms with Gasteiger partial charge in [-0.1, -0.05) is 11.6 Å². The molecule has 0 atom stereocenters. The maximum atomic E-state index is 12.1. The summed E-state index contributed by atoms with van der Waals surface area (Å²) in [6, 6.07) is 5.24. The minimum Gasteiger partial charge on any atom is -0.451 e. The third-order valence-electron chi connectivity index (χ3n) is 2.83. The van der Waals surface area contributed by atoms with Crippen LogP contribution in [0.25, 0.3) is 11.0 Å². The van der Waals surface area contributed by atoms with Crippen molar-refractivity contribution < 1.29 is 9.21 Å². The first-order chi connectivity index (χ1) is 9.15. The van der Waals surface area contributed by atoms with Crippen molar-refractivity contribution >= 4 is 34.4 Å². The molecule has 2 aromatic heterocycles. The smallest absolute Gasteiger partial charge is 0.293 e. The van der Waals surface area contributed by atoms with E-state index in [0.717, 1.165) is 10.9 Å². The van der Waals surface area contributed by atoms with Crippen LogP contribution in [-0.2, 0) is 0 Å². The van der Waals surface area contributed by atoms with Crippen LogP contribution < -0.4 is 5.32 Å². The number of nitrogens with zero attached hydrogens (tertiary/aromatic N) is 1. The first kappa shape index (κ1) is 11.8. The quantitative estimate of drug-likeness (QED) is 0.753. The van der Waals surface area contributed by atoms with Crippen LogP contribution in [0.3, 0.4) is 0 Å². The molecule has 2 heterocycles. The van der Waals surface area contributed by atoms with Crippen LogP contribution in [0.2, 0.25) is 5.02 Å². The molecule has 19 heavy (non-hydrogen) atoms. The summed E-state index contributed by atoms with van der Waals surface area (Å²) < 4.78 is 5.55. The van der Waals surface area contributed by atoms with Gasteiger partial charge in [0.25, 0.3) is 5.91 Å². The van der Waals surface area contributed by atoms with Crippen molar-refractivity contribution in [3.05, 3.63) is 46.9 Å². The predicted octanol–water partition coefficient (Wildman–Crippen LogP) is 3.37. The van der Waals surface area contributed by atoms with Gasteiger partial charge in [-0.2, -0.15) is 0 Å². The molecular formula is C13H10ClN3O2. The third-order valence-corrected chi connectivity index (χ3v) is 3.07. The summed E-state index contributed by atoms with van der Waals surface area (Å²) in [5, 5.41) is 4.06. The molecule has 6 heteroatoms. The molecule has 0 saturated heterocycles. The molecule has 5 nitrogen and oxygen atoms in total. The molecule has 0 aliphatic heterocycles. The van der Waals surface area contributed by atoms with E-state index in [-0.39, 0.29) is 11.7 Å². The highest BCUT2D eigenvalue weighted by Gasteiger charge is 2.18. The summed E-state index contributed by atoms with van der Waals surface area (Å²) in [5.41, 5.74) is 1.38. The molecule has 3 rings (SSSR count). The Bertz CT molecular complexity index is 747. The Morgan fingerprint density at radius 3 is 3.05 bits per heavy atom. The molecule has 0 spiro atoms. The van der Waals surface area contributed by atoms with Crippen molar-refractivity contribution in [1.29, 1.82) is 0 Å². The number of aromatic nitrogens is 2. The number of rotatable bonds is 2. The van der Waals surface area contributed by atoms with E-state index in [0.29, 0.717) is 16.6 Å². The van der Waals surface area contributed by atoms with Gasteiger partial charge < -0.3 is 9.40 Å². The van der Waals surface area contributed by atoms with Gasteiger partial charge in [0.05, 0.1) is 0 Å².